The van der Waals surface area contributed by atoms with Crippen LogP contribution in [-0.4, -0.2) is 8.07 Å². The summed E-state index contributed by atoms with van der Waals surface area (Å²) < 4.78 is 0. The molecule has 7 rings (SSSR count). The molecule has 6 aromatic carbocycles. The summed E-state index contributed by atoms with van der Waals surface area (Å²) in [6, 6.07) is 47.9. The van der Waals surface area contributed by atoms with Crippen LogP contribution in [0.4, 0.5) is 0 Å². The highest BCUT2D eigenvalue weighted by molar-refractivity contribution is 7.23. The molecule has 0 nitrogen and oxygen atoms in total. The Balaban J connectivity index is 1.74. The van der Waals surface area contributed by atoms with Crippen molar-refractivity contribution < 1.29 is 0 Å². The lowest BCUT2D eigenvalue weighted by molar-refractivity contribution is 1.49. The average molecular weight is 449 g/mol. The van der Waals surface area contributed by atoms with Crippen LogP contribution in [0.3, 0.4) is 0 Å². The van der Waals surface area contributed by atoms with Gasteiger partial charge in [-0.3, -0.25) is 0 Å². The standard InChI is InChI=1S/C33H24Si/c1-23-10-9-14-26(22-23)34(25-12-3-2-4-13-25)32-17-8-7-16-29(32)31-21-20-28-27-15-6-5-11-24(27)18-19-30(28)33(31)34/h2-22H,1H3. The molecule has 1 atom stereocenters. The summed E-state index contributed by atoms with van der Waals surface area (Å²) in [6.07, 6.45) is 0. The molecule has 0 amide bonds. The van der Waals surface area contributed by atoms with Crippen LogP contribution in [0, 0.1) is 6.92 Å². The van der Waals surface area contributed by atoms with Gasteiger partial charge in [0.25, 0.3) is 0 Å². The molecule has 0 saturated carbocycles. The number of hydrogen-bond donors (Lipinski definition) is 0. The number of benzene rings is 6. The van der Waals surface area contributed by atoms with Gasteiger partial charge in [-0.1, -0.05) is 133 Å². The maximum absolute atomic E-state index is 2.51. The van der Waals surface area contributed by atoms with Gasteiger partial charge in [0.05, 0.1) is 0 Å². The normalized spacial score (nSPS) is 16.5. The third-order valence-corrected chi connectivity index (χ3v) is 12.5. The van der Waals surface area contributed by atoms with E-state index in [9.17, 15) is 0 Å². The van der Waals surface area contributed by atoms with Gasteiger partial charge in [0, 0.05) is 0 Å². The Labute approximate surface area is 201 Å². The molecule has 0 fully saturated rings. The predicted molar refractivity (Wildman–Crippen MR) is 149 cm³/mol. The lowest BCUT2D eigenvalue weighted by Gasteiger charge is -2.32. The molecule has 1 heteroatoms. The van der Waals surface area contributed by atoms with Crippen molar-refractivity contribution in [2.24, 2.45) is 0 Å². The lowest BCUT2D eigenvalue weighted by atomic mass is 9.97. The van der Waals surface area contributed by atoms with E-state index < -0.39 is 8.07 Å². The first kappa shape index (κ1) is 19.5. The van der Waals surface area contributed by atoms with Crippen molar-refractivity contribution in [1.29, 1.82) is 0 Å². The van der Waals surface area contributed by atoms with Gasteiger partial charge >= 0.3 is 0 Å². The Kier molecular flexibility index (Phi) is 4.18. The van der Waals surface area contributed by atoms with Gasteiger partial charge in [0.2, 0.25) is 0 Å². The molecule has 1 unspecified atom stereocenters. The number of rotatable bonds is 2. The Hall–Kier alpha value is -3.94. The number of hydrogen-bond acceptors (Lipinski definition) is 0. The van der Waals surface area contributed by atoms with Crippen molar-refractivity contribution in [3.63, 3.8) is 0 Å². The summed E-state index contributed by atoms with van der Waals surface area (Å²) in [7, 11) is -2.51. The highest BCUT2D eigenvalue weighted by atomic mass is 28.3. The Morgan fingerprint density at radius 1 is 0.471 bits per heavy atom. The third-order valence-electron chi connectivity index (χ3n) is 7.58. The molecule has 0 radical (unpaired) electrons. The summed E-state index contributed by atoms with van der Waals surface area (Å²) in [5.41, 5.74) is 4.11. The van der Waals surface area contributed by atoms with E-state index in [1.165, 1.54) is 59.0 Å². The molecule has 160 valence electrons. The molecule has 0 bridgehead atoms. The monoisotopic (exact) mass is 448 g/mol. The van der Waals surface area contributed by atoms with Crippen LogP contribution in [0.25, 0.3) is 32.7 Å². The largest absolute Gasteiger partial charge is 0.181 e. The van der Waals surface area contributed by atoms with Crippen molar-refractivity contribution in [2.45, 2.75) is 6.92 Å². The second kappa shape index (κ2) is 7.28. The molecule has 34 heavy (non-hydrogen) atoms. The fourth-order valence-electron chi connectivity index (χ4n) is 6.23. The van der Waals surface area contributed by atoms with Gasteiger partial charge < -0.3 is 0 Å². The van der Waals surface area contributed by atoms with Gasteiger partial charge in [-0.25, -0.2) is 0 Å². The minimum atomic E-state index is -2.51. The van der Waals surface area contributed by atoms with Crippen LogP contribution in [0.2, 0.25) is 0 Å². The molecule has 0 aromatic heterocycles. The molecular formula is C33H24Si. The minimum Gasteiger partial charge on any atom is -0.0623 e. The lowest BCUT2D eigenvalue weighted by Crippen LogP contribution is -2.73. The zero-order chi connectivity index (χ0) is 22.7. The van der Waals surface area contributed by atoms with E-state index in [-0.39, 0.29) is 0 Å². The summed E-state index contributed by atoms with van der Waals surface area (Å²) in [5, 5.41) is 11.3. The van der Waals surface area contributed by atoms with Gasteiger partial charge in [0.1, 0.15) is 0 Å². The summed E-state index contributed by atoms with van der Waals surface area (Å²) in [4.78, 5) is 0. The highest BCUT2D eigenvalue weighted by Crippen LogP contribution is 2.34. The van der Waals surface area contributed by atoms with E-state index in [4.69, 9.17) is 0 Å². The first-order chi connectivity index (χ1) is 16.8. The van der Waals surface area contributed by atoms with Crippen molar-refractivity contribution in [1.82, 2.24) is 0 Å². The van der Waals surface area contributed by atoms with Crippen LogP contribution in [0.5, 0.6) is 0 Å². The van der Waals surface area contributed by atoms with E-state index in [1.807, 2.05) is 0 Å². The molecule has 0 N–H and O–H groups in total. The quantitative estimate of drug-likeness (QED) is 0.236. The Morgan fingerprint density at radius 3 is 2.09 bits per heavy atom. The maximum atomic E-state index is 2.44. The number of aryl methyl sites for hydroxylation is 1. The molecule has 0 aliphatic carbocycles. The fourth-order valence-corrected chi connectivity index (χ4v) is 11.7. The first-order valence-electron chi connectivity index (χ1n) is 12.0. The molecule has 1 heterocycles. The van der Waals surface area contributed by atoms with Crippen LogP contribution in [0.1, 0.15) is 5.56 Å². The van der Waals surface area contributed by atoms with Crippen molar-refractivity contribution in [3.8, 4) is 11.1 Å². The molecule has 1 aliphatic rings. The molecule has 1 aliphatic heterocycles. The van der Waals surface area contributed by atoms with E-state index in [1.54, 1.807) is 0 Å². The van der Waals surface area contributed by atoms with Crippen molar-refractivity contribution in [3.05, 3.63) is 133 Å². The average Bonchev–Trinajstić information content (AvgIpc) is 3.21. The van der Waals surface area contributed by atoms with E-state index >= 15 is 0 Å². The van der Waals surface area contributed by atoms with Gasteiger partial charge in [-0.15, -0.1) is 0 Å². The summed E-state index contributed by atoms with van der Waals surface area (Å²) in [5.74, 6) is 0. The van der Waals surface area contributed by atoms with Crippen LogP contribution >= 0.6 is 0 Å². The van der Waals surface area contributed by atoms with Gasteiger partial charge in [0.15, 0.2) is 8.07 Å². The Morgan fingerprint density at radius 2 is 1.21 bits per heavy atom. The SMILES string of the molecule is Cc1cccc([Si]2(c3ccccc3)c3ccccc3-c3ccc4c(ccc5ccccc54)c32)c1. The topological polar surface area (TPSA) is 0 Å². The summed E-state index contributed by atoms with van der Waals surface area (Å²) in [6.45, 7) is 2.22. The molecule has 0 spiro atoms. The second-order valence-corrected chi connectivity index (χ2v) is 13.1. The van der Waals surface area contributed by atoms with E-state index in [2.05, 4.69) is 134 Å². The molecular weight excluding hydrogens is 424 g/mol. The van der Waals surface area contributed by atoms with Crippen LogP contribution in [0.15, 0.2) is 127 Å². The van der Waals surface area contributed by atoms with E-state index in [0.29, 0.717) is 0 Å². The smallest absolute Gasteiger partial charge is 0.0623 e. The first-order valence-corrected chi connectivity index (χ1v) is 14.0. The zero-order valence-electron chi connectivity index (χ0n) is 19.1. The second-order valence-electron chi connectivity index (χ2n) is 9.40. The zero-order valence-corrected chi connectivity index (χ0v) is 20.1. The van der Waals surface area contributed by atoms with Crippen molar-refractivity contribution in [2.75, 3.05) is 0 Å². The summed E-state index contributed by atoms with van der Waals surface area (Å²) >= 11 is 0. The third kappa shape index (κ3) is 2.53. The predicted octanol–water partition coefficient (Wildman–Crippen LogP) is 5.66. The highest BCUT2D eigenvalue weighted by Gasteiger charge is 2.49. The van der Waals surface area contributed by atoms with Gasteiger partial charge in [-0.2, -0.15) is 0 Å². The van der Waals surface area contributed by atoms with Gasteiger partial charge in [-0.05, 0) is 60.3 Å². The van der Waals surface area contributed by atoms with Crippen LogP contribution in [-0.2, 0) is 0 Å². The Bertz CT molecular complexity index is 1710. The maximum Gasteiger partial charge on any atom is 0.181 e. The molecule has 6 aromatic rings. The molecule has 0 saturated heterocycles. The number of fused-ring (bicyclic) bond motifs is 7. The van der Waals surface area contributed by atoms with E-state index in [0.717, 1.165) is 0 Å². The fraction of sp³-hybridized carbons (Fsp3) is 0.0303. The van der Waals surface area contributed by atoms with Crippen molar-refractivity contribution >= 4 is 50.4 Å². The minimum absolute atomic E-state index is 1.30. The van der Waals surface area contributed by atoms with Crippen LogP contribution < -0.4 is 20.7 Å².